The number of nitrogens with zero attached hydrogens (tertiary/aromatic N) is 2. The third-order valence-corrected chi connectivity index (χ3v) is 7.37. The summed E-state index contributed by atoms with van der Waals surface area (Å²) in [4.78, 5) is 38.7. The van der Waals surface area contributed by atoms with Crippen LogP contribution in [0.5, 0.6) is 0 Å². The maximum atomic E-state index is 13.4. The minimum atomic E-state index is -0.610. The lowest BCUT2D eigenvalue weighted by molar-refractivity contribution is -0.116. The molecule has 7 nitrogen and oxygen atoms in total. The fraction of sp³-hybridized carbons (Fsp3) is 0.417. The lowest BCUT2D eigenvalue weighted by atomic mass is 9.86. The lowest BCUT2D eigenvalue weighted by Crippen LogP contribution is -2.25. The summed E-state index contributed by atoms with van der Waals surface area (Å²) in [7, 11) is 0. The molecule has 2 aromatic heterocycles. The molecule has 1 amide bonds. The van der Waals surface area contributed by atoms with Gasteiger partial charge in [-0.2, -0.15) is 9.78 Å². The largest absolute Gasteiger partial charge is 0.461 e. The summed E-state index contributed by atoms with van der Waals surface area (Å²) >= 11 is 4.60. The second kappa shape index (κ2) is 10.6. The molecule has 0 bridgehead atoms. The third kappa shape index (κ3) is 5.35. The van der Waals surface area contributed by atoms with E-state index in [9.17, 15) is 14.4 Å². The zero-order chi connectivity index (χ0) is 23.4. The van der Waals surface area contributed by atoms with Crippen LogP contribution in [0.2, 0.25) is 0 Å². The molecule has 1 aromatic carbocycles. The molecule has 3 aromatic rings. The Bertz CT molecular complexity index is 1210. The Morgan fingerprint density at radius 2 is 1.94 bits per heavy atom. The number of carbonyl (C=O) groups is 2. The second-order valence-corrected chi connectivity index (χ2v) is 10.0. The summed E-state index contributed by atoms with van der Waals surface area (Å²) in [6.07, 6.45) is 7.39. The maximum Gasteiger partial charge on any atom is 0.359 e. The highest BCUT2D eigenvalue weighted by molar-refractivity contribution is 9.10. The standard InChI is InChI=1S/C24H26BrN3O4S/c1-2-32-24(31)21-18-14-33-22(26-19(29)13-8-15-6-4-3-5-7-15)20(18)23(30)28(27-21)17-11-9-16(25)10-12-17/h9-12,14-15H,2-8,13H2,1H3,(H,26,29). The molecular weight excluding hydrogens is 506 g/mol. The molecule has 1 aliphatic rings. The van der Waals surface area contributed by atoms with Crippen LogP contribution in [-0.2, 0) is 9.53 Å². The molecule has 1 aliphatic carbocycles. The van der Waals surface area contributed by atoms with Crippen LogP contribution >= 0.6 is 27.3 Å². The number of hydrogen-bond donors (Lipinski definition) is 1. The highest BCUT2D eigenvalue weighted by Crippen LogP contribution is 2.32. The molecule has 0 unspecified atom stereocenters. The summed E-state index contributed by atoms with van der Waals surface area (Å²) in [5.41, 5.74) is 0.161. The van der Waals surface area contributed by atoms with Crippen molar-refractivity contribution < 1.29 is 14.3 Å². The van der Waals surface area contributed by atoms with Crippen LogP contribution in [0.4, 0.5) is 5.00 Å². The number of halogens is 1. The Kier molecular flexibility index (Phi) is 7.60. The Hall–Kier alpha value is -2.52. The first-order valence-corrected chi connectivity index (χ1v) is 12.9. The summed E-state index contributed by atoms with van der Waals surface area (Å²) < 4.78 is 7.22. The van der Waals surface area contributed by atoms with Crippen LogP contribution in [0.25, 0.3) is 16.5 Å². The molecule has 0 atom stereocenters. The van der Waals surface area contributed by atoms with Crippen molar-refractivity contribution in [1.82, 2.24) is 9.78 Å². The second-order valence-electron chi connectivity index (χ2n) is 8.21. The number of benzene rings is 1. The van der Waals surface area contributed by atoms with Gasteiger partial charge >= 0.3 is 5.97 Å². The van der Waals surface area contributed by atoms with Crippen LogP contribution in [0.1, 0.15) is 62.4 Å². The molecule has 174 valence electrons. The van der Waals surface area contributed by atoms with Crippen molar-refractivity contribution in [1.29, 1.82) is 0 Å². The molecule has 1 saturated carbocycles. The summed E-state index contributed by atoms with van der Waals surface area (Å²) in [6.45, 7) is 1.90. The Balaban J connectivity index is 1.68. The van der Waals surface area contributed by atoms with Crippen molar-refractivity contribution in [3.05, 3.63) is 50.2 Å². The lowest BCUT2D eigenvalue weighted by Gasteiger charge is -2.20. The van der Waals surface area contributed by atoms with Gasteiger partial charge in [0.2, 0.25) is 5.91 Å². The average Bonchev–Trinajstić information content (AvgIpc) is 3.23. The van der Waals surface area contributed by atoms with Crippen LogP contribution in [0.15, 0.2) is 38.9 Å². The fourth-order valence-electron chi connectivity index (χ4n) is 4.25. The van der Waals surface area contributed by atoms with Gasteiger partial charge in [-0.05, 0) is 43.5 Å². The number of thiophene rings is 1. The van der Waals surface area contributed by atoms with Gasteiger partial charge in [-0.25, -0.2) is 4.79 Å². The number of hydrogen-bond acceptors (Lipinski definition) is 6. The Morgan fingerprint density at radius 3 is 2.64 bits per heavy atom. The first-order valence-electron chi connectivity index (χ1n) is 11.3. The molecule has 4 rings (SSSR count). The number of rotatable bonds is 7. The van der Waals surface area contributed by atoms with Crippen molar-refractivity contribution in [3.63, 3.8) is 0 Å². The van der Waals surface area contributed by atoms with Gasteiger partial charge in [0.05, 0.1) is 17.7 Å². The van der Waals surface area contributed by atoms with Gasteiger partial charge in [0.25, 0.3) is 5.56 Å². The number of esters is 1. The normalized spacial score (nSPS) is 14.4. The van der Waals surface area contributed by atoms with Gasteiger partial charge in [0.15, 0.2) is 5.69 Å². The minimum Gasteiger partial charge on any atom is -0.461 e. The van der Waals surface area contributed by atoms with E-state index >= 15 is 0 Å². The van der Waals surface area contributed by atoms with Gasteiger partial charge in [-0.3, -0.25) is 9.59 Å². The molecule has 1 N–H and O–H groups in total. The van der Waals surface area contributed by atoms with Crippen LogP contribution < -0.4 is 10.9 Å². The molecule has 2 heterocycles. The minimum absolute atomic E-state index is 0.0494. The van der Waals surface area contributed by atoms with E-state index in [0.717, 1.165) is 10.9 Å². The van der Waals surface area contributed by atoms with E-state index in [1.807, 2.05) is 0 Å². The van der Waals surface area contributed by atoms with E-state index in [1.165, 1.54) is 48.1 Å². The number of nitrogens with one attached hydrogen (secondary N) is 1. The molecule has 0 saturated heterocycles. The van der Waals surface area contributed by atoms with Crippen molar-refractivity contribution in [2.45, 2.75) is 51.9 Å². The van der Waals surface area contributed by atoms with Crippen molar-refractivity contribution in [2.75, 3.05) is 11.9 Å². The van der Waals surface area contributed by atoms with E-state index in [4.69, 9.17) is 4.74 Å². The molecule has 33 heavy (non-hydrogen) atoms. The first-order chi connectivity index (χ1) is 16.0. The van der Waals surface area contributed by atoms with E-state index in [-0.39, 0.29) is 23.6 Å². The van der Waals surface area contributed by atoms with E-state index < -0.39 is 11.5 Å². The van der Waals surface area contributed by atoms with Crippen molar-refractivity contribution >= 4 is 54.9 Å². The van der Waals surface area contributed by atoms with Gasteiger partial charge < -0.3 is 10.1 Å². The molecular formula is C24H26BrN3O4S. The van der Waals surface area contributed by atoms with Crippen LogP contribution in [-0.4, -0.2) is 28.3 Å². The topological polar surface area (TPSA) is 90.3 Å². The smallest absolute Gasteiger partial charge is 0.359 e. The number of aromatic nitrogens is 2. The zero-order valence-corrected chi connectivity index (χ0v) is 20.8. The number of carbonyl (C=O) groups excluding carboxylic acids is 2. The van der Waals surface area contributed by atoms with Gasteiger partial charge in [0.1, 0.15) is 5.00 Å². The predicted octanol–water partition coefficient (Wildman–Crippen LogP) is 5.69. The van der Waals surface area contributed by atoms with E-state index in [2.05, 4.69) is 26.3 Å². The quantitative estimate of drug-likeness (QED) is 0.395. The molecule has 9 heteroatoms. The van der Waals surface area contributed by atoms with Crippen LogP contribution in [0, 0.1) is 5.92 Å². The fourth-order valence-corrected chi connectivity index (χ4v) is 5.47. The highest BCUT2D eigenvalue weighted by atomic mass is 79.9. The summed E-state index contributed by atoms with van der Waals surface area (Å²) in [5.74, 6) is -0.131. The third-order valence-electron chi connectivity index (χ3n) is 5.95. The molecule has 1 fully saturated rings. The number of amides is 1. The Labute approximate surface area is 204 Å². The van der Waals surface area contributed by atoms with Gasteiger partial charge in [-0.15, -0.1) is 11.3 Å². The first kappa shape index (κ1) is 23.6. The SMILES string of the molecule is CCOC(=O)c1nn(-c2ccc(Br)cc2)c(=O)c2c(NC(=O)CCC3CCCCC3)scc12. The molecule has 0 aliphatic heterocycles. The van der Waals surface area contributed by atoms with Gasteiger partial charge in [-0.1, -0.05) is 48.0 Å². The van der Waals surface area contributed by atoms with Gasteiger partial charge in [0, 0.05) is 21.7 Å². The number of fused-ring (bicyclic) bond motifs is 1. The van der Waals surface area contributed by atoms with Crippen LogP contribution in [0.3, 0.4) is 0 Å². The average molecular weight is 532 g/mol. The van der Waals surface area contributed by atoms with Crippen molar-refractivity contribution in [2.24, 2.45) is 5.92 Å². The summed E-state index contributed by atoms with van der Waals surface area (Å²) in [6, 6.07) is 7.04. The zero-order valence-electron chi connectivity index (χ0n) is 18.4. The monoisotopic (exact) mass is 531 g/mol. The summed E-state index contributed by atoms with van der Waals surface area (Å²) in [5, 5.41) is 10.00. The van der Waals surface area contributed by atoms with E-state index in [1.54, 1.807) is 36.6 Å². The molecule has 0 radical (unpaired) electrons. The predicted molar refractivity (Wildman–Crippen MR) is 133 cm³/mol. The Morgan fingerprint density at radius 1 is 1.21 bits per heavy atom. The van der Waals surface area contributed by atoms with Crippen molar-refractivity contribution in [3.8, 4) is 5.69 Å². The number of anilines is 1. The van der Waals surface area contributed by atoms with E-state index in [0.29, 0.717) is 28.4 Å². The maximum absolute atomic E-state index is 13.4. The highest BCUT2D eigenvalue weighted by Gasteiger charge is 2.23. The number of ether oxygens (including phenoxy) is 1. The molecule has 0 spiro atoms.